The maximum Gasteiger partial charge on any atom is 0.201 e. The lowest BCUT2D eigenvalue weighted by Gasteiger charge is -2.22. The van der Waals surface area contributed by atoms with Gasteiger partial charge in [0.05, 0.1) is 24.3 Å². The van der Waals surface area contributed by atoms with E-state index in [1.807, 2.05) is 12.5 Å². The van der Waals surface area contributed by atoms with Gasteiger partial charge < -0.3 is 9.47 Å². The average Bonchev–Trinajstić information content (AvgIpc) is 2.66. The Bertz CT molecular complexity index is 767. The highest BCUT2D eigenvalue weighted by atomic mass is 32.2. The van der Waals surface area contributed by atoms with Crippen molar-refractivity contribution in [1.29, 1.82) is 0 Å². The summed E-state index contributed by atoms with van der Waals surface area (Å²) in [6.45, 7) is 0.968. The summed E-state index contributed by atoms with van der Waals surface area (Å²) < 4.78 is 11.6. The van der Waals surface area contributed by atoms with E-state index in [-0.39, 0.29) is 11.6 Å². The Labute approximate surface area is 161 Å². The van der Waals surface area contributed by atoms with Crippen LogP contribution in [0.15, 0.2) is 36.4 Å². The number of rotatable bonds is 8. The zero-order chi connectivity index (χ0) is 18.5. The van der Waals surface area contributed by atoms with Gasteiger partial charge in [-0.05, 0) is 24.6 Å². The van der Waals surface area contributed by atoms with Crippen molar-refractivity contribution in [3.8, 4) is 11.5 Å². The van der Waals surface area contributed by atoms with E-state index in [0.717, 1.165) is 11.5 Å². The Balaban J connectivity index is 2.02. The van der Waals surface area contributed by atoms with Crippen LogP contribution in [0.25, 0.3) is 0 Å². The van der Waals surface area contributed by atoms with Crippen molar-refractivity contribution in [2.45, 2.75) is 0 Å². The molecule has 0 spiro atoms. The van der Waals surface area contributed by atoms with Gasteiger partial charge >= 0.3 is 0 Å². The van der Waals surface area contributed by atoms with Gasteiger partial charge in [-0.1, -0.05) is 24.3 Å². The van der Waals surface area contributed by atoms with Gasteiger partial charge in [0.15, 0.2) is 5.78 Å². The summed E-state index contributed by atoms with van der Waals surface area (Å²) in [7, 11) is 0. The number of carbonyl (C=O) groups is 2. The van der Waals surface area contributed by atoms with Crippen molar-refractivity contribution in [3.63, 3.8) is 0 Å². The minimum atomic E-state index is -0.214. The van der Waals surface area contributed by atoms with E-state index < -0.39 is 0 Å². The van der Waals surface area contributed by atoms with Gasteiger partial charge in [-0.2, -0.15) is 23.5 Å². The standard InChI is InChI=1S/C20H20O4S2/c1-25-11-9-23-15-7-3-5-13-17(15)20(22)18-14(19(13)21)6-4-8-16(18)24-10-12-26-2/h3-8H,9-12H2,1-2H3. The van der Waals surface area contributed by atoms with Crippen LogP contribution in [-0.2, 0) is 0 Å². The van der Waals surface area contributed by atoms with E-state index in [1.165, 1.54) is 0 Å². The van der Waals surface area contributed by atoms with Crippen molar-refractivity contribution < 1.29 is 19.1 Å². The highest BCUT2D eigenvalue weighted by molar-refractivity contribution is 7.98. The number of thioether (sulfide) groups is 2. The Morgan fingerprint density at radius 3 is 1.62 bits per heavy atom. The predicted molar refractivity (Wildman–Crippen MR) is 108 cm³/mol. The zero-order valence-corrected chi connectivity index (χ0v) is 16.4. The molecule has 2 aromatic carbocycles. The SMILES string of the molecule is CSCCOc1cccc2c1C(=O)c1c(OCCSC)cccc1C2=O. The molecule has 0 heterocycles. The fourth-order valence-electron chi connectivity index (χ4n) is 2.89. The molecule has 0 saturated heterocycles. The second-order valence-corrected chi connectivity index (χ2v) is 7.67. The van der Waals surface area contributed by atoms with Gasteiger partial charge in [0.1, 0.15) is 11.5 Å². The Hall–Kier alpha value is -1.92. The molecule has 0 radical (unpaired) electrons. The molecule has 0 unspecified atom stereocenters. The van der Waals surface area contributed by atoms with E-state index >= 15 is 0 Å². The third kappa shape index (κ3) is 3.62. The van der Waals surface area contributed by atoms with Gasteiger partial charge in [0.25, 0.3) is 0 Å². The first-order valence-electron chi connectivity index (χ1n) is 8.28. The molecule has 26 heavy (non-hydrogen) atoms. The Morgan fingerprint density at radius 1 is 0.731 bits per heavy atom. The maximum atomic E-state index is 13.2. The third-order valence-corrected chi connectivity index (χ3v) is 5.24. The molecule has 0 atom stereocenters. The molecular weight excluding hydrogens is 368 g/mol. The lowest BCUT2D eigenvalue weighted by molar-refractivity contribution is 0.0972. The fourth-order valence-corrected chi connectivity index (χ4v) is 3.39. The number of ketones is 2. The van der Waals surface area contributed by atoms with Gasteiger partial charge in [-0.3, -0.25) is 9.59 Å². The topological polar surface area (TPSA) is 52.6 Å². The first-order valence-corrected chi connectivity index (χ1v) is 11.1. The zero-order valence-electron chi connectivity index (χ0n) is 14.7. The van der Waals surface area contributed by atoms with E-state index in [1.54, 1.807) is 59.9 Å². The largest absolute Gasteiger partial charge is 0.492 e. The Kier molecular flexibility index (Phi) is 6.27. The molecule has 0 aliphatic heterocycles. The van der Waals surface area contributed by atoms with E-state index in [9.17, 15) is 9.59 Å². The van der Waals surface area contributed by atoms with Crippen LogP contribution in [-0.4, -0.2) is 48.8 Å². The van der Waals surface area contributed by atoms with Crippen molar-refractivity contribution in [2.75, 3.05) is 37.2 Å². The van der Waals surface area contributed by atoms with Crippen LogP contribution in [0.2, 0.25) is 0 Å². The minimum absolute atomic E-state index is 0.166. The molecule has 0 fully saturated rings. The van der Waals surface area contributed by atoms with Crippen molar-refractivity contribution in [3.05, 3.63) is 58.7 Å². The fraction of sp³-hybridized carbons (Fsp3) is 0.300. The molecule has 2 aromatic rings. The van der Waals surface area contributed by atoms with Crippen molar-refractivity contribution >= 4 is 35.1 Å². The number of hydrogen-bond donors (Lipinski definition) is 0. The minimum Gasteiger partial charge on any atom is -0.492 e. The lowest BCUT2D eigenvalue weighted by Crippen LogP contribution is -2.23. The summed E-state index contributed by atoms with van der Waals surface area (Å²) in [5, 5.41) is 0. The first kappa shape index (κ1) is 18.9. The number of carbonyl (C=O) groups excluding carboxylic acids is 2. The summed E-state index contributed by atoms with van der Waals surface area (Å²) in [6.07, 6.45) is 3.99. The van der Waals surface area contributed by atoms with Crippen LogP contribution in [0.4, 0.5) is 0 Å². The van der Waals surface area contributed by atoms with Crippen molar-refractivity contribution in [1.82, 2.24) is 0 Å². The summed E-state index contributed by atoms with van der Waals surface area (Å²) in [6, 6.07) is 10.4. The number of fused-ring (bicyclic) bond motifs is 2. The quantitative estimate of drug-likeness (QED) is 0.545. The number of hydrogen-bond acceptors (Lipinski definition) is 6. The first-order chi connectivity index (χ1) is 12.7. The van der Waals surface area contributed by atoms with Crippen LogP contribution >= 0.6 is 23.5 Å². The van der Waals surface area contributed by atoms with Gasteiger partial charge in [0, 0.05) is 22.6 Å². The van der Waals surface area contributed by atoms with Crippen LogP contribution < -0.4 is 9.47 Å². The molecule has 1 aliphatic carbocycles. The molecule has 6 heteroatoms. The molecule has 136 valence electrons. The van der Waals surface area contributed by atoms with Gasteiger partial charge in [-0.15, -0.1) is 0 Å². The summed E-state index contributed by atoms with van der Waals surface area (Å²) in [5.74, 6) is 2.16. The second-order valence-electron chi connectivity index (χ2n) is 5.70. The highest BCUT2D eigenvalue weighted by Gasteiger charge is 2.34. The smallest absolute Gasteiger partial charge is 0.201 e. The molecule has 0 aromatic heterocycles. The summed E-state index contributed by atoms with van der Waals surface area (Å²) >= 11 is 3.33. The predicted octanol–water partition coefficient (Wildman–Crippen LogP) is 3.95. The molecule has 0 N–H and O–H groups in total. The van der Waals surface area contributed by atoms with Crippen molar-refractivity contribution in [2.24, 2.45) is 0 Å². The lowest BCUT2D eigenvalue weighted by atomic mass is 9.83. The van der Waals surface area contributed by atoms with Crippen LogP contribution in [0.5, 0.6) is 11.5 Å². The normalized spacial score (nSPS) is 12.5. The number of benzene rings is 2. The summed E-state index contributed by atoms with van der Waals surface area (Å²) in [5.41, 5.74) is 1.47. The van der Waals surface area contributed by atoms with Crippen LogP contribution in [0.1, 0.15) is 31.8 Å². The van der Waals surface area contributed by atoms with Gasteiger partial charge in [-0.25, -0.2) is 0 Å². The summed E-state index contributed by atoms with van der Waals surface area (Å²) in [4.78, 5) is 26.2. The van der Waals surface area contributed by atoms with Gasteiger partial charge in [0.2, 0.25) is 5.78 Å². The molecular formula is C20H20O4S2. The van der Waals surface area contributed by atoms with Crippen LogP contribution in [0.3, 0.4) is 0 Å². The van der Waals surface area contributed by atoms with E-state index in [4.69, 9.17) is 9.47 Å². The molecule has 0 amide bonds. The van der Waals surface area contributed by atoms with Crippen LogP contribution in [0, 0.1) is 0 Å². The second kappa shape index (κ2) is 8.64. The molecule has 0 bridgehead atoms. The monoisotopic (exact) mass is 388 g/mol. The Morgan fingerprint density at radius 2 is 1.19 bits per heavy atom. The molecule has 0 saturated carbocycles. The molecule has 4 nitrogen and oxygen atoms in total. The van der Waals surface area contributed by atoms with E-state index in [0.29, 0.717) is 47.0 Å². The third-order valence-electron chi connectivity index (χ3n) is 4.09. The van der Waals surface area contributed by atoms with E-state index in [2.05, 4.69) is 0 Å². The average molecular weight is 389 g/mol. The molecule has 1 aliphatic rings. The molecule has 3 rings (SSSR count). The highest BCUT2D eigenvalue weighted by Crippen LogP contribution is 2.37. The number of ether oxygens (including phenoxy) is 2. The maximum absolute atomic E-state index is 13.2.